The molecule has 0 fully saturated rings. The molecule has 0 spiro atoms. The topological polar surface area (TPSA) is 46.5 Å². The maximum atomic E-state index is 12.4. The fourth-order valence-electron chi connectivity index (χ4n) is 2.76. The summed E-state index contributed by atoms with van der Waals surface area (Å²) in [4.78, 5) is 19.2. The molecule has 1 N–H and O–H groups in total. The van der Waals surface area contributed by atoms with E-state index in [2.05, 4.69) is 21.4 Å². The van der Waals surface area contributed by atoms with Crippen LogP contribution in [0.15, 0.2) is 43.0 Å². The molecule has 1 rings (SSSR count). The number of aliphatic hydroxyl groups excluding tert-OH is 1. The number of benzene rings is 1. The Morgan fingerprint density at radius 3 is 2.33 bits per heavy atom. The molecule has 0 aromatic heterocycles. The van der Waals surface area contributed by atoms with E-state index >= 15 is 0 Å². The third-order valence-electron chi connectivity index (χ3n) is 3.59. The van der Waals surface area contributed by atoms with Crippen molar-refractivity contribution in [2.24, 2.45) is 5.92 Å². The van der Waals surface area contributed by atoms with Gasteiger partial charge in [-0.2, -0.15) is 0 Å². The van der Waals surface area contributed by atoms with Crippen LogP contribution in [0, 0.1) is 5.92 Å². The van der Waals surface area contributed by atoms with Crippen molar-refractivity contribution >= 4 is 24.3 Å². The standard InChI is InChI=1S/C14H17O3.3CH3.Sn/c1-3-9-17-14(16)13(11(2)15)10-12-7-5-4-6-8-12;;;;/h3-8,10-11,13,15H,1,9H2,2H3;3*1H3;/t11-,13-;;;;/m0..../s1. The summed E-state index contributed by atoms with van der Waals surface area (Å²) in [5.41, 5.74) is 1.13. The quantitative estimate of drug-likeness (QED) is 0.436. The van der Waals surface area contributed by atoms with Crippen molar-refractivity contribution < 1.29 is 14.6 Å². The predicted molar refractivity (Wildman–Crippen MR) is 88.9 cm³/mol. The summed E-state index contributed by atoms with van der Waals surface area (Å²) in [5.74, 6) is -0.839. The van der Waals surface area contributed by atoms with Crippen molar-refractivity contribution in [3.05, 3.63) is 48.6 Å². The number of ether oxygens (including phenoxy) is 1. The van der Waals surface area contributed by atoms with Gasteiger partial charge in [-0.05, 0) is 0 Å². The first kappa shape index (κ1) is 18.2. The van der Waals surface area contributed by atoms with Gasteiger partial charge in [-0.1, -0.05) is 0 Å². The maximum absolute atomic E-state index is 12.4. The Morgan fingerprint density at radius 2 is 1.90 bits per heavy atom. The summed E-state index contributed by atoms with van der Waals surface area (Å²) in [7, 11) is 0. The van der Waals surface area contributed by atoms with Gasteiger partial charge in [-0.15, -0.1) is 0 Å². The normalized spacial score (nSPS) is 15.9. The van der Waals surface area contributed by atoms with Crippen molar-refractivity contribution in [1.82, 2.24) is 0 Å². The number of aliphatic hydroxyl groups is 1. The SMILES string of the molecule is C=CCOC(=O)[C@H]([C@H](C)O)[C@@H](c1ccccc1)[Sn]([CH3])([CH3])[CH3]. The first-order valence-electron chi connectivity index (χ1n) is 7.29. The summed E-state index contributed by atoms with van der Waals surface area (Å²) in [6, 6.07) is 10.0. The van der Waals surface area contributed by atoms with Crippen LogP contribution in [-0.4, -0.2) is 42.2 Å². The number of rotatable bonds is 7. The zero-order valence-corrected chi connectivity index (χ0v) is 16.2. The van der Waals surface area contributed by atoms with Crippen molar-refractivity contribution in [1.29, 1.82) is 0 Å². The van der Waals surface area contributed by atoms with Crippen LogP contribution < -0.4 is 0 Å². The molecule has 0 unspecified atom stereocenters. The fraction of sp³-hybridized carbons (Fsp3) is 0.471. The average Bonchev–Trinajstić information content (AvgIpc) is 2.41. The van der Waals surface area contributed by atoms with E-state index in [-0.39, 0.29) is 16.5 Å². The summed E-state index contributed by atoms with van der Waals surface area (Å²) in [5, 5.41) is 10.2. The molecule has 3 nitrogen and oxygen atoms in total. The molecule has 0 aliphatic rings. The summed E-state index contributed by atoms with van der Waals surface area (Å²) in [6.45, 7) is 5.42. The first-order valence-corrected chi connectivity index (χ1v) is 17.5. The van der Waals surface area contributed by atoms with Gasteiger partial charge in [0.05, 0.1) is 0 Å². The van der Waals surface area contributed by atoms with Crippen molar-refractivity contribution in [2.75, 3.05) is 6.61 Å². The molecule has 0 radical (unpaired) electrons. The molecule has 1 aromatic rings. The Kier molecular flexibility index (Phi) is 6.94. The fourth-order valence-corrected chi connectivity index (χ4v) is 10.4. The molecule has 0 saturated heterocycles. The van der Waals surface area contributed by atoms with Crippen LogP contribution in [0.5, 0.6) is 0 Å². The number of esters is 1. The monoisotopic (exact) mass is 398 g/mol. The zero-order chi connectivity index (χ0) is 16.0. The van der Waals surface area contributed by atoms with Crippen molar-refractivity contribution in [3.63, 3.8) is 0 Å². The van der Waals surface area contributed by atoms with E-state index in [1.165, 1.54) is 0 Å². The van der Waals surface area contributed by atoms with E-state index in [0.717, 1.165) is 5.56 Å². The third kappa shape index (κ3) is 5.15. The second kappa shape index (κ2) is 7.99. The third-order valence-corrected chi connectivity index (χ3v) is 10.9. The van der Waals surface area contributed by atoms with Crippen molar-refractivity contribution in [3.8, 4) is 0 Å². The molecular formula is C17H26O3Sn. The van der Waals surface area contributed by atoms with Crippen LogP contribution in [0.1, 0.15) is 16.4 Å². The van der Waals surface area contributed by atoms with Crippen LogP contribution in [-0.2, 0) is 9.53 Å². The minimum atomic E-state index is -2.54. The van der Waals surface area contributed by atoms with Crippen LogP contribution in [0.3, 0.4) is 0 Å². The van der Waals surface area contributed by atoms with Gasteiger partial charge < -0.3 is 0 Å². The van der Waals surface area contributed by atoms with Gasteiger partial charge in [0.2, 0.25) is 0 Å². The van der Waals surface area contributed by atoms with Gasteiger partial charge in [-0.3, -0.25) is 0 Å². The Bertz CT molecular complexity index is 463. The molecule has 4 heteroatoms. The Labute approximate surface area is 131 Å². The van der Waals surface area contributed by atoms with E-state index in [1.54, 1.807) is 13.0 Å². The molecule has 116 valence electrons. The van der Waals surface area contributed by atoms with Gasteiger partial charge in [0.25, 0.3) is 0 Å². The molecule has 21 heavy (non-hydrogen) atoms. The number of carbonyl (C=O) groups excluding carboxylic acids is 1. The molecule has 0 aliphatic carbocycles. The van der Waals surface area contributed by atoms with E-state index in [1.807, 2.05) is 30.3 Å². The van der Waals surface area contributed by atoms with Gasteiger partial charge in [-0.25, -0.2) is 0 Å². The summed E-state index contributed by atoms with van der Waals surface area (Å²) >= 11 is -2.54. The Hall–Kier alpha value is -0.811. The zero-order valence-electron chi connectivity index (χ0n) is 13.4. The minimum absolute atomic E-state index is 0.0813. The Balaban J connectivity index is 3.20. The van der Waals surface area contributed by atoms with Gasteiger partial charge in [0.15, 0.2) is 0 Å². The second-order valence-electron chi connectivity index (χ2n) is 6.44. The van der Waals surface area contributed by atoms with Crippen LogP contribution in [0.2, 0.25) is 14.8 Å². The van der Waals surface area contributed by atoms with Gasteiger partial charge in [0, 0.05) is 0 Å². The van der Waals surface area contributed by atoms with E-state index in [0.29, 0.717) is 0 Å². The molecule has 0 bridgehead atoms. The summed E-state index contributed by atoms with van der Waals surface area (Å²) in [6.07, 6.45) is 0.818. The van der Waals surface area contributed by atoms with E-state index in [9.17, 15) is 9.90 Å². The van der Waals surface area contributed by atoms with Crippen LogP contribution >= 0.6 is 0 Å². The van der Waals surface area contributed by atoms with Crippen molar-refractivity contribution in [2.45, 2.75) is 31.8 Å². The van der Waals surface area contributed by atoms with Gasteiger partial charge >= 0.3 is 132 Å². The van der Waals surface area contributed by atoms with E-state index in [4.69, 9.17) is 4.74 Å². The molecule has 0 amide bonds. The number of hydrogen-bond acceptors (Lipinski definition) is 3. The Morgan fingerprint density at radius 1 is 1.33 bits per heavy atom. The van der Waals surface area contributed by atoms with Crippen LogP contribution in [0.4, 0.5) is 0 Å². The van der Waals surface area contributed by atoms with Gasteiger partial charge in [0.1, 0.15) is 0 Å². The molecule has 0 heterocycles. The average molecular weight is 397 g/mol. The number of hydrogen-bond donors (Lipinski definition) is 1. The number of carbonyl (C=O) groups is 1. The molecule has 0 saturated carbocycles. The predicted octanol–water partition coefficient (Wildman–Crippen LogP) is 3.37. The van der Waals surface area contributed by atoms with Crippen LogP contribution in [0.25, 0.3) is 0 Å². The molecule has 0 aliphatic heterocycles. The first-order chi connectivity index (χ1) is 9.79. The summed E-state index contributed by atoms with van der Waals surface area (Å²) < 4.78 is 5.31. The molecular weight excluding hydrogens is 371 g/mol. The molecule has 3 atom stereocenters. The molecule has 1 aromatic carbocycles. The van der Waals surface area contributed by atoms with E-state index < -0.39 is 30.4 Å². The second-order valence-corrected chi connectivity index (χ2v) is 21.7.